The predicted molar refractivity (Wildman–Crippen MR) is 89.8 cm³/mol. The molecule has 0 radical (unpaired) electrons. The summed E-state index contributed by atoms with van der Waals surface area (Å²) in [4.78, 5) is 10.4. The Morgan fingerprint density at radius 3 is 2.86 bits per heavy atom. The van der Waals surface area contributed by atoms with Gasteiger partial charge in [-0.3, -0.25) is 0 Å². The molecule has 0 N–H and O–H groups in total. The number of nitrogens with zero attached hydrogens (tertiary/aromatic N) is 3. The van der Waals surface area contributed by atoms with Gasteiger partial charge in [0.25, 0.3) is 0 Å². The molecule has 0 saturated carbocycles. The average molecular weight is 340 g/mol. The summed E-state index contributed by atoms with van der Waals surface area (Å²) in [5.41, 5.74) is 1.97. The Labute approximate surface area is 137 Å². The topological polar surface area (TPSA) is 30.7 Å². The van der Waals surface area contributed by atoms with Crippen molar-refractivity contribution in [1.29, 1.82) is 0 Å². The fraction of sp³-hybridized carbons (Fsp3) is 0.333. The predicted octanol–water partition coefficient (Wildman–Crippen LogP) is 4.85. The lowest BCUT2D eigenvalue weighted by molar-refractivity contribution is 0.620. The standard InChI is InChI=1S/C15H15Cl2N3S/c1-9-8-18-15(21-9)10(2)20-13-4-3-11(17)7-12(13)19-14(20)5-6-16/h3-4,7-8,10H,5-6H2,1-2H3. The fourth-order valence-electron chi connectivity index (χ4n) is 2.49. The smallest absolute Gasteiger partial charge is 0.115 e. The van der Waals surface area contributed by atoms with Crippen LogP contribution in [0.25, 0.3) is 11.0 Å². The maximum Gasteiger partial charge on any atom is 0.115 e. The Hall–Kier alpha value is -1.10. The number of fused-ring (bicyclic) bond motifs is 1. The van der Waals surface area contributed by atoms with E-state index < -0.39 is 0 Å². The Morgan fingerprint density at radius 2 is 2.19 bits per heavy atom. The molecular weight excluding hydrogens is 325 g/mol. The van der Waals surface area contributed by atoms with E-state index in [9.17, 15) is 0 Å². The number of benzene rings is 1. The highest BCUT2D eigenvalue weighted by molar-refractivity contribution is 7.11. The molecule has 3 nitrogen and oxygen atoms in total. The van der Waals surface area contributed by atoms with Gasteiger partial charge in [0.1, 0.15) is 10.8 Å². The first kappa shape index (κ1) is 14.8. The molecule has 0 fully saturated rings. The zero-order chi connectivity index (χ0) is 15.0. The molecule has 0 saturated heterocycles. The van der Waals surface area contributed by atoms with Gasteiger partial charge in [-0.2, -0.15) is 0 Å². The van der Waals surface area contributed by atoms with E-state index in [0.717, 1.165) is 28.3 Å². The van der Waals surface area contributed by atoms with Gasteiger partial charge in [-0.25, -0.2) is 9.97 Å². The van der Waals surface area contributed by atoms with Gasteiger partial charge < -0.3 is 4.57 Å². The number of imidazole rings is 1. The van der Waals surface area contributed by atoms with Gasteiger partial charge in [-0.15, -0.1) is 22.9 Å². The Balaban J connectivity index is 2.16. The first-order valence-electron chi connectivity index (χ1n) is 6.75. The second kappa shape index (κ2) is 5.95. The van der Waals surface area contributed by atoms with Crippen molar-refractivity contribution in [1.82, 2.24) is 14.5 Å². The molecule has 21 heavy (non-hydrogen) atoms. The van der Waals surface area contributed by atoms with Crippen LogP contribution in [0.4, 0.5) is 0 Å². The Bertz CT molecular complexity index is 778. The summed E-state index contributed by atoms with van der Waals surface area (Å²) in [6, 6.07) is 5.93. The maximum atomic E-state index is 6.07. The van der Waals surface area contributed by atoms with Gasteiger partial charge >= 0.3 is 0 Å². The third-order valence-electron chi connectivity index (χ3n) is 3.43. The molecule has 0 spiro atoms. The van der Waals surface area contributed by atoms with Crippen LogP contribution in [0, 0.1) is 6.92 Å². The van der Waals surface area contributed by atoms with Crippen molar-refractivity contribution in [2.24, 2.45) is 0 Å². The summed E-state index contributed by atoms with van der Waals surface area (Å²) in [6.45, 7) is 4.21. The van der Waals surface area contributed by atoms with Crippen LogP contribution < -0.4 is 0 Å². The van der Waals surface area contributed by atoms with Crippen LogP contribution in [0.2, 0.25) is 5.02 Å². The number of aryl methyl sites for hydroxylation is 2. The van der Waals surface area contributed by atoms with Crippen LogP contribution in [0.5, 0.6) is 0 Å². The van der Waals surface area contributed by atoms with Crippen molar-refractivity contribution < 1.29 is 0 Å². The molecule has 2 aromatic heterocycles. The Kier molecular flexibility index (Phi) is 4.20. The molecule has 1 atom stereocenters. The highest BCUT2D eigenvalue weighted by atomic mass is 35.5. The van der Waals surface area contributed by atoms with E-state index in [1.165, 1.54) is 4.88 Å². The van der Waals surface area contributed by atoms with E-state index in [1.54, 1.807) is 11.3 Å². The highest BCUT2D eigenvalue weighted by Gasteiger charge is 2.19. The molecule has 0 aliphatic heterocycles. The molecule has 3 aromatic rings. The van der Waals surface area contributed by atoms with Crippen LogP contribution in [-0.2, 0) is 6.42 Å². The molecule has 1 unspecified atom stereocenters. The quantitative estimate of drug-likeness (QED) is 0.636. The monoisotopic (exact) mass is 339 g/mol. The van der Waals surface area contributed by atoms with Gasteiger partial charge in [0, 0.05) is 28.4 Å². The number of halogens is 2. The second-order valence-electron chi connectivity index (χ2n) is 4.96. The van der Waals surface area contributed by atoms with E-state index in [-0.39, 0.29) is 6.04 Å². The molecular formula is C15H15Cl2N3S. The van der Waals surface area contributed by atoms with E-state index in [0.29, 0.717) is 10.9 Å². The van der Waals surface area contributed by atoms with Crippen molar-refractivity contribution in [3.63, 3.8) is 0 Å². The molecule has 110 valence electrons. The van der Waals surface area contributed by atoms with Crippen LogP contribution in [-0.4, -0.2) is 20.4 Å². The lowest BCUT2D eigenvalue weighted by Gasteiger charge is -2.15. The SMILES string of the molecule is Cc1cnc(C(C)n2c(CCCl)nc3cc(Cl)ccc32)s1. The van der Waals surface area contributed by atoms with Crippen molar-refractivity contribution in [3.8, 4) is 0 Å². The van der Waals surface area contributed by atoms with Crippen molar-refractivity contribution >= 4 is 45.6 Å². The molecule has 0 aliphatic rings. The van der Waals surface area contributed by atoms with Crippen LogP contribution in [0.1, 0.15) is 28.7 Å². The summed E-state index contributed by atoms with van der Waals surface area (Å²) in [7, 11) is 0. The number of alkyl halides is 1. The lowest BCUT2D eigenvalue weighted by atomic mass is 10.2. The number of thiazole rings is 1. The van der Waals surface area contributed by atoms with E-state index >= 15 is 0 Å². The average Bonchev–Trinajstić information content (AvgIpc) is 3.01. The first-order chi connectivity index (χ1) is 10.1. The second-order valence-corrected chi connectivity index (χ2v) is 7.04. The number of hydrogen-bond acceptors (Lipinski definition) is 3. The van der Waals surface area contributed by atoms with Crippen LogP contribution in [0.3, 0.4) is 0 Å². The van der Waals surface area contributed by atoms with Crippen molar-refractivity contribution in [2.45, 2.75) is 26.3 Å². The minimum absolute atomic E-state index is 0.132. The van der Waals surface area contributed by atoms with Crippen molar-refractivity contribution in [2.75, 3.05) is 5.88 Å². The van der Waals surface area contributed by atoms with Crippen molar-refractivity contribution in [3.05, 3.63) is 45.1 Å². The minimum atomic E-state index is 0.132. The number of aromatic nitrogens is 3. The summed E-state index contributed by atoms with van der Waals surface area (Å²) < 4.78 is 2.21. The molecule has 1 aromatic carbocycles. The minimum Gasteiger partial charge on any atom is -0.318 e. The molecule has 0 bridgehead atoms. The van der Waals surface area contributed by atoms with E-state index in [2.05, 4.69) is 28.4 Å². The number of hydrogen-bond donors (Lipinski definition) is 0. The third kappa shape index (κ3) is 2.80. The summed E-state index contributed by atoms with van der Waals surface area (Å²) in [5.74, 6) is 1.52. The van der Waals surface area contributed by atoms with Gasteiger partial charge in [-0.05, 0) is 32.0 Å². The fourth-order valence-corrected chi connectivity index (χ4v) is 3.64. The van der Waals surface area contributed by atoms with Crippen LogP contribution >= 0.6 is 34.5 Å². The molecule has 0 amide bonds. The normalized spacial score (nSPS) is 13.0. The van der Waals surface area contributed by atoms with Gasteiger partial charge in [0.05, 0.1) is 17.1 Å². The van der Waals surface area contributed by atoms with Gasteiger partial charge in [0.2, 0.25) is 0 Å². The summed E-state index contributed by atoms with van der Waals surface area (Å²) in [5, 5.41) is 1.78. The van der Waals surface area contributed by atoms with E-state index in [4.69, 9.17) is 23.2 Å². The van der Waals surface area contributed by atoms with Crippen LogP contribution in [0.15, 0.2) is 24.4 Å². The summed E-state index contributed by atoms with van der Waals surface area (Å²) >= 11 is 13.7. The highest BCUT2D eigenvalue weighted by Crippen LogP contribution is 2.30. The Morgan fingerprint density at radius 1 is 1.38 bits per heavy atom. The lowest BCUT2D eigenvalue weighted by Crippen LogP contribution is -2.11. The molecule has 3 rings (SSSR count). The maximum absolute atomic E-state index is 6.07. The molecule has 0 aliphatic carbocycles. The summed E-state index contributed by atoms with van der Waals surface area (Å²) in [6.07, 6.45) is 2.64. The zero-order valence-corrected chi connectivity index (χ0v) is 14.1. The van der Waals surface area contributed by atoms with Gasteiger partial charge in [0.15, 0.2) is 0 Å². The third-order valence-corrected chi connectivity index (χ3v) is 4.93. The molecule has 2 heterocycles. The largest absolute Gasteiger partial charge is 0.318 e. The number of rotatable bonds is 4. The first-order valence-corrected chi connectivity index (χ1v) is 8.47. The van der Waals surface area contributed by atoms with Gasteiger partial charge in [-0.1, -0.05) is 11.6 Å². The van der Waals surface area contributed by atoms with E-state index in [1.807, 2.05) is 24.4 Å². The molecule has 6 heteroatoms. The zero-order valence-electron chi connectivity index (χ0n) is 11.8.